The normalized spacial score (nSPS) is 11.6. The van der Waals surface area contributed by atoms with Crippen molar-refractivity contribution in [1.82, 2.24) is 9.99 Å². The van der Waals surface area contributed by atoms with Crippen LogP contribution in [-0.4, -0.2) is 38.8 Å². The van der Waals surface area contributed by atoms with Crippen molar-refractivity contribution in [3.63, 3.8) is 0 Å². The molecule has 0 aliphatic rings. The molecule has 0 aliphatic carbocycles. The Kier molecular flexibility index (Phi) is 9.10. The number of nitrogens with one attached hydrogen (secondary N) is 1. The predicted octanol–water partition coefficient (Wildman–Crippen LogP) is 6.41. The van der Waals surface area contributed by atoms with Crippen molar-refractivity contribution in [2.45, 2.75) is 18.7 Å². The number of carbonyl (C=O) groups is 1. The van der Waals surface area contributed by atoms with Crippen LogP contribution in [0, 0.1) is 13.8 Å². The number of nitrogens with zero attached hydrogens (tertiary/aromatic N) is 3. The number of aryl methyl sites for hydroxylation is 1. The second-order valence-corrected chi connectivity index (χ2v) is 11.8. The Labute approximate surface area is 247 Å². The summed E-state index contributed by atoms with van der Waals surface area (Å²) in [5, 5.41) is 5.34. The smallest absolute Gasteiger partial charge is 0.264 e. The minimum atomic E-state index is -4.12. The quantitative estimate of drug-likeness (QED) is 0.173. The van der Waals surface area contributed by atoms with Gasteiger partial charge in [-0.25, -0.2) is 13.8 Å². The van der Waals surface area contributed by atoms with Gasteiger partial charge in [-0.1, -0.05) is 53.0 Å². The van der Waals surface area contributed by atoms with Crippen molar-refractivity contribution in [3.8, 4) is 11.4 Å². The third kappa shape index (κ3) is 6.28. The van der Waals surface area contributed by atoms with E-state index in [0.29, 0.717) is 21.5 Å². The van der Waals surface area contributed by atoms with Crippen LogP contribution in [0.4, 0.5) is 5.69 Å². The third-order valence-corrected chi connectivity index (χ3v) is 8.69. The van der Waals surface area contributed by atoms with Crippen molar-refractivity contribution in [3.05, 3.63) is 105 Å². The summed E-state index contributed by atoms with van der Waals surface area (Å²) in [6.07, 6.45) is 1.48. The first-order valence-corrected chi connectivity index (χ1v) is 14.5. The van der Waals surface area contributed by atoms with E-state index in [-0.39, 0.29) is 15.6 Å². The summed E-state index contributed by atoms with van der Waals surface area (Å²) in [6.45, 7) is 3.25. The number of rotatable bonds is 9. The molecule has 4 rings (SSSR count). The number of aromatic nitrogens is 1. The van der Waals surface area contributed by atoms with Crippen LogP contribution in [0.15, 0.2) is 82.8 Å². The standard InChI is InChI=1S/C28H25Cl3N4O4S/c1-18-13-20(19(2)35(18)26-14-21(29)9-11-24(26)30)16-32-33-28(36)17-34(22-10-12-27(39-3)25(31)15-22)40(37,38)23-7-5-4-6-8-23/h4-16H,17H2,1-3H3,(H,33,36)/b32-16-. The van der Waals surface area contributed by atoms with E-state index in [9.17, 15) is 13.2 Å². The topological polar surface area (TPSA) is 93.0 Å². The number of amides is 1. The van der Waals surface area contributed by atoms with Gasteiger partial charge in [-0.2, -0.15) is 5.10 Å². The Balaban J connectivity index is 1.58. The molecular formula is C28H25Cl3N4O4S. The SMILES string of the molecule is COc1ccc(N(CC(=O)N/N=C\c2cc(C)n(-c3cc(Cl)ccc3Cl)c2C)S(=O)(=O)c2ccccc2)cc1Cl. The molecule has 0 spiro atoms. The second-order valence-electron chi connectivity index (χ2n) is 8.69. The lowest BCUT2D eigenvalue weighted by Crippen LogP contribution is -2.39. The van der Waals surface area contributed by atoms with Crippen LogP contribution in [0.1, 0.15) is 17.0 Å². The lowest BCUT2D eigenvalue weighted by Gasteiger charge is -2.24. The first-order chi connectivity index (χ1) is 19.0. The predicted molar refractivity (Wildman–Crippen MR) is 160 cm³/mol. The molecule has 8 nitrogen and oxygen atoms in total. The van der Waals surface area contributed by atoms with Gasteiger partial charge in [0, 0.05) is 22.0 Å². The first kappa shape index (κ1) is 29.5. The van der Waals surface area contributed by atoms with Gasteiger partial charge in [-0.3, -0.25) is 9.10 Å². The molecule has 12 heteroatoms. The zero-order valence-corrected chi connectivity index (χ0v) is 24.8. The van der Waals surface area contributed by atoms with Crippen LogP contribution < -0.4 is 14.5 Å². The summed E-state index contributed by atoms with van der Waals surface area (Å²) in [5.74, 6) is -0.289. The fraction of sp³-hybridized carbons (Fsp3) is 0.143. The molecule has 0 atom stereocenters. The highest BCUT2D eigenvalue weighted by Crippen LogP contribution is 2.32. The maximum Gasteiger partial charge on any atom is 0.264 e. The monoisotopic (exact) mass is 618 g/mol. The molecule has 0 radical (unpaired) electrons. The van der Waals surface area contributed by atoms with Crippen LogP contribution in [0.25, 0.3) is 5.69 Å². The first-order valence-electron chi connectivity index (χ1n) is 11.9. The summed E-state index contributed by atoms with van der Waals surface area (Å²) in [5.41, 5.74) is 5.75. The average Bonchev–Trinajstić information content (AvgIpc) is 3.21. The lowest BCUT2D eigenvalue weighted by molar-refractivity contribution is -0.119. The molecule has 208 valence electrons. The Morgan fingerprint density at radius 2 is 1.73 bits per heavy atom. The van der Waals surface area contributed by atoms with Gasteiger partial charge in [-0.05, 0) is 68.4 Å². The van der Waals surface area contributed by atoms with Gasteiger partial charge >= 0.3 is 0 Å². The summed E-state index contributed by atoms with van der Waals surface area (Å²) in [6, 6.07) is 19.3. The number of anilines is 1. The number of ether oxygens (including phenoxy) is 1. The fourth-order valence-corrected chi connectivity index (χ4v) is 6.19. The van der Waals surface area contributed by atoms with E-state index in [1.807, 2.05) is 24.5 Å². The average molecular weight is 620 g/mol. The van der Waals surface area contributed by atoms with E-state index in [1.165, 1.54) is 43.7 Å². The second kappa shape index (κ2) is 12.3. The van der Waals surface area contributed by atoms with E-state index in [1.54, 1.807) is 36.4 Å². The molecule has 0 fully saturated rings. The summed E-state index contributed by atoms with van der Waals surface area (Å²) < 4.78 is 35.1. The number of sulfonamides is 1. The summed E-state index contributed by atoms with van der Waals surface area (Å²) >= 11 is 18.8. The number of benzene rings is 3. The maximum absolute atomic E-state index is 13.5. The number of carbonyl (C=O) groups excluding carboxylic acids is 1. The van der Waals surface area contributed by atoms with E-state index in [4.69, 9.17) is 39.5 Å². The fourth-order valence-electron chi connectivity index (χ4n) is 4.13. The number of hydrogen-bond acceptors (Lipinski definition) is 5. The highest BCUT2D eigenvalue weighted by Gasteiger charge is 2.27. The van der Waals surface area contributed by atoms with Crippen LogP contribution >= 0.6 is 34.8 Å². The summed E-state index contributed by atoms with van der Waals surface area (Å²) in [4.78, 5) is 13.0. The van der Waals surface area contributed by atoms with Crippen LogP contribution in [0.5, 0.6) is 5.75 Å². The van der Waals surface area contributed by atoms with E-state index in [2.05, 4.69) is 10.5 Å². The van der Waals surface area contributed by atoms with Gasteiger partial charge in [0.1, 0.15) is 12.3 Å². The van der Waals surface area contributed by atoms with Crippen LogP contribution in [-0.2, 0) is 14.8 Å². The Hall–Kier alpha value is -3.50. The Morgan fingerprint density at radius 1 is 1.00 bits per heavy atom. The van der Waals surface area contributed by atoms with Gasteiger partial charge in [0.2, 0.25) is 0 Å². The molecule has 3 aromatic carbocycles. The van der Waals surface area contributed by atoms with E-state index >= 15 is 0 Å². The molecule has 0 saturated carbocycles. The Morgan fingerprint density at radius 3 is 2.40 bits per heavy atom. The molecule has 0 bridgehead atoms. The largest absolute Gasteiger partial charge is 0.495 e. The zero-order chi connectivity index (χ0) is 29.0. The molecule has 4 aromatic rings. The molecule has 1 aromatic heterocycles. The van der Waals surface area contributed by atoms with E-state index < -0.39 is 22.5 Å². The van der Waals surface area contributed by atoms with E-state index in [0.717, 1.165) is 21.3 Å². The number of halogens is 3. The van der Waals surface area contributed by atoms with Gasteiger partial charge in [0.05, 0.1) is 39.6 Å². The van der Waals surface area contributed by atoms with Crippen LogP contribution in [0.2, 0.25) is 15.1 Å². The van der Waals surface area contributed by atoms with Crippen LogP contribution in [0.3, 0.4) is 0 Å². The van der Waals surface area contributed by atoms with Gasteiger partial charge in [-0.15, -0.1) is 0 Å². The van der Waals surface area contributed by atoms with Crippen molar-refractivity contribution in [1.29, 1.82) is 0 Å². The van der Waals surface area contributed by atoms with Crippen molar-refractivity contribution < 1.29 is 17.9 Å². The molecule has 0 aliphatic heterocycles. The highest BCUT2D eigenvalue weighted by molar-refractivity contribution is 7.92. The molecule has 1 amide bonds. The highest BCUT2D eigenvalue weighted by atomic mass is 35.5. The van der Waals surface area contributed by atoms with Crippen molar-refractivity contribution in [2.75, 3.05) is 18.0 Å². The molecule has 0 unspecified atom stereocenters. The maximum atomic E-state index is 13.5. The van der Waals surface area contributed by atoms with Crippen molar-refractivity contribution in [2.24, 2.45) is 5.10 Å². The lowest BCUT2D eigenvalue weighted by atomic mass is 10.2. The Bertz CT molecular complexity index is 1690. The van der Waals surface area contributed by atoms with Gasteiger partial charge in [0.15, 0.2) is 0 Å². The van der Waals surface area contributed by atoms with Gasteiger partial charge in [0.25, 0.3) is 15.9 Å². The zero-order valence-electron chi connectivity index (χ0n) is 21.7. The molecule has 1 N–H and O–H groups in total. The minimum absolute atomic E-state index is 0.0188. The molecule has 0 saturated heterocycles. The van der Waals surface area contributed by atoms with Gasteiger partial charge < -0.3 is 9.30 Å². The summed E-state index contributed by atoms with van der Waals surface area (Å²) in [7, 11) is -2.67. The van der Waals surface area contributed by atoms with Crippen molar-refractivity contribution >= 4 is 62.6 Å². The number of hydrazone groups is 1. The molecule has 1 heterocycles. The minimum Gasteiger partial charge on any atom is -0.495 e. The number of hydrogen-bond donors (Lipinski definition) is 1. The molecular weight excluding hydrogens is 595 g/mol. The molecule has 40 heavy (non-hydrogen) atoms. The third-order valence-electron chi connectivity index (χ3n) is 6.05. The number of methoxy groups -OCH3 is 1.